The quantitative estimate of drug-likeness (QED) is 0.669. The van der Waals surface area contributed by atoms with Gasteiger partial charge in [0.05, 0.1) is 11.1 Å². The molecule has 8 heteroatoms. The van der Waals surface area contributed by atoms with Crippen LogP contribution in [0.25, 0.3) is 11.0 Å². The van der Waals surface area contributed by atoms with E-state index in [9.17, 15) is 9.59 Å². The van der Waals surface area contributed by atoms with Crippen LogP contribution in [0.4, 0.5) is 0 Å². The van der Waals surface area contributed by atoms with Crippen LogP contribution in [-0.2, 0) is 11.3 Å². The van der Waals surface area contributed by atoms with Crippen molar-refractivity contribution < 1.29 is 9.59 Å². The largest absolute Gasteiger partial charge is 0.349 e. The van der Waals surface area contributed by atoms with Crippen molar-refractivity contribution in [2.45, 2.75) is 57.0 Å². The van der Waals surface area contributed by atoms with Crippen LogP contribution in [0, 0.1) is 0 Å². The summed E-state index contributed by atoms with van der Waals surface area (Å²) < 4.78 is 1.67. The maximum atomic E-state index is 12.8. The van der Waals surface area contributed by atoms with Gasteiger partial charge in [0.15, 0.2) is 0 Å². The molecule has 3 aromatic rings. The van der Waals surface area contributed by atoms with Crippen LogP contribution in [0.1, 0.15) is 60.5 Å². The highest BCUT2D eigenvalue weighted by atomic mass is 16.2. The van der Waals surface area contributed by atoms with Gasteiger partial charge in [0, 0.05) is 36.9 Å². The molecule has 8 nitrogen and oxygen atoms in total. The molecule has 1 N–H and O–H groups in total. The SMILES string of the molecule is O=C(NC1CCCC1)c1ccc(C2CCN(C(=O)Cn3nnc4ccccc43)CC2)nc1. The number of fused-ring (bicyclic) bond motifs is 1. The molecule has 32 heavy (non-hydrogen) atoms. The maximum absolute atomic E-state index is 12.8. The third kappa shape index (κ3) is 4.35. The molecule has 2 amide bonds. The zero-order chi connectivity index (χ0) is 21.9. The Morgan fingerprint density at radius 3 is 2.53 bits per heavy atom. The molecular weight excluding hydrogens is 404 g/mol. The molecule has 2 aromatic heterocycles. The molecule has 1 saturated heterocycles. The van der Waals surface area contributed by atoms with Crippen LogP contribution >= 0.6 is 0 Å². The van der Waals surface area contributed by atoms with Crippen LogP contribution in [0.15, 0.2) is 42.6 Å². The average Bonchev–Trinajstić information content (AvgIpc) is 3.49. The molecule has 0 unspecified atom stereocenters. The number of aromatic nitrogens is 4. The number of amides is 2. The van der Waals surface area contributed by atoms with E-state index in [1.807, 2.05) is 41.3 Å². The minimum absolute atomic E-state index is 0.0306. The first kappa shape index (κ1) is 20.6. The van der Waals surface area contributed by atoms with Gasteiger partial charge < -0.3 is 10.2 Å². The lowest BCUT2D eigenvalue weighted by molar-refractivity contribution is -0.133. The second-order valence-corrected chi connectivity index (χ2v) is 8.82. The molecule has 5 rings (SSSR count). The van der Waals surface area contributed by atoms with E-state index in [1.54, 1.807) is 10.9 Å². The van der Waals surface area contributed by atoms with Crippen molar-refractivity contribution in [3.05, 3.63) is 53.9 Å². The van der Waals surface area contributed by atoms with Gasteiger partial charge in [-0.05, 0) is 49.9 Å². The zero-order valence-corrected chi connectivity index (χ0v) is 18.1. The first-order valence-corrected chi connectivity index (χ1v) is 11.5. The van der Waals surface area contributed by atoms with Gasteiger partial charge in [-0.15, -0.1) is 5.10 Å². The van der Waals surface area contributed by atoms with Crippen LogP contribution in [0.5, 0.6) is 0 Å². The third-order valence-corrected chi connectivity index (χ3v) is 6.71. The molecule has 1 aromatic carbocycles. The second kappa shape index (κ2) is 9.06. The lowest BCUT2D eigenvalue weighted by atomic mass is 9.92. The average molecular weight is 433 g/mol. The van der Waals surface area contributed by atoms with Crippen molar-refractivity contribution >= 4 is 22.8 Å². The number of nitrogens with one attached hydrogen (secondary N) is 1. The van der Waals surface area contributed by atoms with E-state index in [2.05, 4.69) is 20.6 Å². The first-order valence-electron chi connectivity index (χ1n) is 11.5. The molecule has 1 saturated carbocycles. The van der Waals surface area contributed by atoms with E-state index in [0.717, 1.165) is 42.4 Å². The second-order valence-electron chi connectivity index (χ2n) is 8.82. The van der Waals surface area contributed by atoms with Crippen LogP contribution in [-0.4, -0.2) is 55.8 Å². The number of pyridine rings is 1. The van der Waals surface area contributed by atoms with Gasteiger partial charge >= 0.3 is 0 Å². The summed E-state index contributed by atoms with van der Waals surface area (Å²) in [6.45, 7) is 1.59. The van der Waals surface area contributed by atoms with Crippen molar-refractivity contribution in [1.82, 2.24) is 30.2 Å². The van der Waals surface area contributed by atoms with E-state index < -0.39 is 0 Å². The Kier molecular flexibility index (Phi) is 5.83. The number of likely N-dealkylation sites (tertiary alicyclic amines) is 1. The van der Waals surface area contributed by atoms with Crippen molar-refractivity contribution in [2.75, 3.05) is 13.1 Å². The molecule has 0 radical (unpaired) electrons. The number of piperidine rings is 1. The fourth-order valence-electron chi connectivity index (χ4n) is 4.81. The smallest absolute Gasteiger partial charge is 0.253 e. The molecule has 0 bridgehead atoms. The summed E-state index contributed by atoms with van der Waals surface area (Å²) in [5, 5.41) is 11.4. The van der Waals surface area contributed by atoms with Crippen molar-refractivity contribution in [1.29, 1.82) is 0 Å². The van der Waals surface area contributed by atoms with Gasteiger partial charge in [-0.1, -0.05) is 30.2 Å². The predicted octanol–water partition coefficient (Wildman–Crippen LogP) is 2.90. The third-order valence-electron chi connectivity index (χ3n) is 6.71. The Bertz CT molecular complexity index is 1100. The Labute approximate surface area is 187 Å². The molecule has 2 aliphatic rings. The maximum Gasteiger partial charge on any atom is 0.253 e. The first-order chi connectivity index (χ1) is 15.7. The summed E-state index contributed by atoms with van der Waals surface area (Å²) in [7, 11) is 0. The summed E-state index contributed by atoms with van der Waals surface area (Å²) in [5.41, 5.74) is 3.28. The summed E-state index contributed by atoms with van der Waals surface area (Å²) >= 11 is 0. The Morgan fingerprint density at radius 1 is 1.00 bits per heavy atom. The summed E-state index contributed by atoms with van der Waals surface area (Å²) in [5.74, 6) is 0.334. The highest BCUT2D eigenvalue weighted by Crippen LogP contribution is 2.27. The lowest BCUT2D eigenvalue weighted by Crippen LogP contribution is -2.40. The summed E-state index contributed by atoms with van der Waals surface area (Å²) in [6, 6.07) is 11.8. The standard InChI is InChI=1S/C24H28N6O2/c31-23(16-30-22-8-4-3-7-21(22)27-28-30)29-13-11-17(12-14-29)20-10-9-18(15-25-20)24(32)26-19-5-1-2-6-19/h3-4,7-10,15,17,19H,1-2,5-6,11-14,16H2,(H,26,32). The van der Waals surface area contributed by atoms with E-state index in [4.69, 9.17) is 0 Å². The Balaban J connectivity index is 1.15. The molecular formula is C24H28N6O2. The molecule has 2 fully saturated rings. The Hall–Kier alpha value is -3.29. The number of hydrogen-bond donors (Lipinski definition) is 1. The molecule has 0 atom stereocenters. The normalized spacial score (nSPS) is 17.7. The number of carbonyl (C=O) groups excluding carboxylic acids is 2. The number of hydrogen-bond acceptors (Lipinski definition) is 5. The minimum Gasteiger partial charge on any atom is -0.349 e. The van der Waals surface area contributed by atoms with Gasteiger partial charge in [-0.2, -0.15) is 0 Å². The van der Waals surface area contributed by atoms with Crippen molar-refractivity contribution in [3.8, 4) is 0 Å². The summed E-state index contributed by atoms with van der Waals surface area (Å²) in [6.07, 6.45) is 7.95. The molecule has 1 aliphatic heterocycles. The van der Waals surface area contributed by atoms with Crippen LogP contribution in [0.3, 0.4) is 0 Å². The minimum atomic E-state index is -0.0306. The van der Waals surface area contributed by atoms with E-state index in [-0.39, 0.29) is 18.4 Å². The van der Waals surface area contributed by atoms with E-state index in [0.29, 0.717) is 30.6 Å². The number of rotatable bonds is 5. The summed E-state index contributed by atoms with van der Waals surface area (Å²) in [4.78, 5) is 31.7. The fourth-order valence-corrected chi connectivity index (χ4v) is 4.81. The van der Waals surface area contributed by atoms with Gasteiger partial charge in [-0.3, -0.25) is 14.6 Å². The van der Waals surface area contributed by atoms with Gasteiger partial charge in [0.1, 0.15) is 12.1 Å². The number of benzene rings is 1. The molecule has 1 aliphatic carbocycles. The fraction of sp³-hybridized carbons (Fsp3) is 0.458. The zero-order valence-electron chi connectivity index (χ0n) is 18.1. The van der Waals surface area contributed by atoms with Gasteiger partial charge in [-0.25, -0.2) is 4.68 Å². The van der Waals surface area contributed by atoms with Crippen molar-refractivity contribution in [2.24, 2.45) is 0 Å². The number of carbonyl (C=O) groups is 2. The lowest BCUT2D eigenvalue weighted by Gasteiger charge is -2.31. The van der Waals surface area contributed by atoms with E-state index >= 15 is 0 Å². The molecule has 166 valence electrons. The van der Waals surface area contributed by atoms with Gasteiger partial charge in [0.2, 0.25) is 5.91 Å². The molecule has 3 heterocycles. The van der Waals surface area contributed by atoms with Crippen molar-refractivity contribution in [3.63, 3.8) is 0 Å². The van der Waals surface area contributed by atoms with Crippen LogP contribution < -0.4 is 5.32 Å². The monoisotopic (exact) mass is 432 g/mol. The van der Waals surface area contributed by atoms with E-state index in [1.165, 1.54) is 12.8 Å². The number of nitrogens with zero attached hydrogens (tertiary/aromatic N) is 5. The number of para-hydroxylation sites is 1. The Morgan fingerprint density at radius 2 is 1.78 bits per heavy atom. The topological polar surface area (TPSA) is 93.0 Å². The predicted molar refractivity (Wildman–Crippen MR) is 120 cm³/mol. The highest BCUT2D eigenvalue weighted by Gasteiger charge is 2.25. The van der Waals surface area contributed by atoms with Gasteiger partial charge in [0.25, 0.3) is 5.91 Å². The molecule has 0 spiro atoms. The highest BCUT2D eigenvalue weighted by molar-refractivity contribution is 5.94. The van der Waals surface area contributed by atoms with Crippen LogP contribution in [0.2, 0.25) is 0 Å².